The number of nitrogens with one attached hydrogen (secondary N) is 2. The molecular formula is C19H23N3O6S. The van der Waals surface area contributed by atoms with E-state index in [0.29, 0.717) is 17.1 Å². The molecule has 2 aromatic carbocycles. The molecular weight excluding hydrogens is 398 g/mol. The van der Waals surface area contributed by atoms with Crippen molar-refractivity contribution in [1.82, 2.24) is 10.0 Å². The summed E-state index contributed by atoms with van der Waals surface area (Å²) >= 11 is 0. The summed E-state index contributed by atoms with van der Waals surface area (Å²) in [6.45, 7) is -0.301. The lowest BCUT2D eigenvalue weighted by Gasteiger charge is -2.19. The molecule has 0 aliphatic rings. The molecule has 0 saturated heterocycles. The lowest BCUT2D eigenvalue weighted by Crippen LogP contribution is -2.47. The van der Waals surface area contributed by atoms with E-state index >= 15 is 0 Å². The third-order valence-corrected chi connectivity index (χ3v) is 5.78. The maximum absolute atomic E-state index is 13.0. The third kappa shape index (κ3) is 5.52. The van der Waals surface area contributed by atoms with Crippen LogP contribution in [0.5, 0.6) is 0 Å². The topological polar surface area (TPSA) is 133 Å². The molecule has 3 N–H and O–H groups in total. The van der Waals surface area contributed by atoms with Gasteiger partial charge in [0.15, 0.2) is 0 Å². The number of benzene rings is 2. The number of carboxylic acids is 1. The molecule has 29 heavy (non-hydrogen) atoms. The summed E-state index contributed by atoms with van der Waals surface area (Å²) < 4.78 is 28.4. The SMILES string of the molecule is CN(C)c1cccc2c(S(=O)(=O)N[C@@H](CCC(=O)O)C(=O)NCC=O)cccc12. The lowest BCUT2D eigenvalue weighted by atomic mass is 10.1. The number of carboxylic acid groups (broad SMARTS) is 1. The normalized spacial score (nSPS) is 12.3. The zero-order chi connectivity index (χ0) is 21.6. The van der Waals surface area contributed by atoms with Crippen LogP contribution in [0.1, 0.15) is 12.8 Å². The van der Waals surface area contributed by atoms with E-state index in [1.54, 1.807) is 24.3 Å². The first kappa shape index (κ1) is 22.3. The Hall–Kier alpha value is -2.98. The van der Waals surface area contributed by atoms with Crippen LogP contribution in [-0.2, 0) is 24.4 Å². The fourth-order valence-corrected chi connectivity index (χ4v) is 4.37. The number of carbonyl (C=O) groups is 3. The summed E-state index contributed by atoms with van der Waals surface area (Å²) in [6, 6.07) is 8.73. The van der Waals surface area contributed by atoms with Crippen LogP contribution in [0.25, 0.3) is 10.8 Å². The quantitative estimate of drug-likeness (QED) is 0.482. The molecule has 1 atom stereocenters. The van der Waals surface area contributed by atoms with Crippen LogP contribution < -0.4 is 14.9 Å². The fourth-order valence-electron chi connectivity index (χ4n) is 2.92. The van der Waals surface area contributed by atoms with Crippen molar-refractivity contribution >= 4 is 44.6 Å². The highest BCUT2D eigenvalue weighted by molar-refractivity contribution is 7.89. The van der Waals surface area contributed by atoms with Crippen LogP contribution in [0.15, 0.2) is 41.3 Å². The van der Waals surface area contributed by atoms with Crippen molar-refractivity contribution in [2.75, 3.05) is 25.5 Å². The standard InChI is InChI=1S/C19H23N3O6S/c1-22(2)16-7-3-6-14-13(16)5-4-8-17(14)29(27,28)21-15(9-10-18(24)25)19(26)20-11-12-23/h3-8,12,15,21H,9-11H2,1-2H3,(H,20,26)(H,24,25)/t15-/m0/s1. The Morgan fingerprint density at radius 1 is 1.14 bits per heavy atom. The minimum atomic E-state index is -4.16. The van der Waals surface area contributed by atoms with Crippen LogP contribution in [0.4, 0.5) is 5.69 Å². The highest BCUT2D eigenvalue weighted by Crippen LogP contribution is 2.30. The van der Waals surface area contributed by atoms with Gasteiger partial charge in [0.1, 0.15) is 12.3 Å². The Labute approximate surface area is 168 Å². The number of rotatable bonds is 10. The molecule has 9 nitrogen and oxygen atoms in total. The Balaban J connectivity index is 2.44. The van der Waals surface area contributed by atoms with Gasteiger partial charge in [-0.3, -0.25) is 9.59 Å². The number of carbonyl (C=O) groups excluding carboxylic acids is 2. The predicted molar refractivity (Wildman–Crippen MR) is 108 cm³/mol. The number of amides is 1. The highest BCUT2D eigenvalue weighted by Gasteiger charge is 2.27. The molecule has 156 valence electrons. The molecule has 0 radical (unpaired) electrons. The number of fused-ring (bicyclic) bond motifs is 1. The largest absolute Gasteiger partial charge is 0.481 e. The second kappa shape index (κ2) is 9.48. The van der Waals surface area contributed by atoms with Crippen LogP contribution in [0.2, 0.25) is 0 Å². The Morgan fingerprint density at radius 3 is 2.41 bits per heavy atom. The number of hydrogen-bond donors (Lipinski definition) is 3. The average Bonchev–Trinajstić information content (AvgIpc) is 2.67. The first-order valence-corrected chi connectivity index (χ1v) is 10.3. The van der Waals surface area contributed by atoms with Crippen LogP contribution in [-0.4, -0.2) is 58.4 Å². The summed E-state index contributed by atoms with van der Waals surface area (Å²) in [5.41, 5.74) is 0.825. The molecule has 2 rings (SSSR count). The van der Waals surface area contributed by atoms with Crippen molar-refractivity contribution in [2.45, 2.75) is 23.8 Å². The molecule has 0 aliphatic carbocycles. The number of sulfonamides is 1. The van der Waals surface area contributed by atoms with Crippen molar-refractivity contribution in [3.8, 4) is 0 Å². The van der Waals surface area contributed by atoms with Crippen molar-refractivity contribution in [3.05, 3.63) is 36.4 Å². The van der Waals surface area contributed by atoms with E-state index in [1.165, 1.54) is 6.07 Å². The summed E-state index contributed by atoms with van der Waals surface area (Å²) in [5.74, 6) is -1.94. The van der Waals surface area contributed by atoms with Crippen molar-refractivity contribution in [3.63, 3.8) is 0 Å². The molecule has 0 spiro atoms. The predicted octanol–water partition coefficient (Wildman–Crippen LogP) is 0.733. The monoisotopic (exact) mass is 421 g/mol. The third-order valence-electron chi connectivity index (χ3n) is 4.25. The van der Waals surface area contributed by atoms with Gasteiger partial charge in [-0.05, 0) is 18.6 Å². The van der Waals surface area contributed by atoms with E-state index in [4.69, 9.17) is 5.11 Å². The van der Waals surface area contributed by atoms with E-state index in [1.807, 2.05) is 25.1 Å². The second-order valence-electron chi connectivity index (χ2n) is 6.54. The van der Waals surface area contributed by atoms with Crippen molar-refractivity contribution in [1.29, 1.82) is 0 Å². The zero-order valence-corrected chi connectivity index (χ0v) is 16.9. The molecule has 2 aromatic rings. The summed E-state index contributed by atoms with van der Waals surface area (Å²) in [5, 5.41) is 12.3. The molecule has 0 heterocycles. The van der Waals surface area contributed by atoms with Gasteiger partial charge < -0.3 is 20.1 Å². The molecule has 0 bridgehead atoms. The molecule has 10 heteroatoms. The number of hydrogen-bond acceptors (Lipinski definition) is 6. The van der Waals surface area contributed by atoms with Crippen molar-refractivity contribution < 1.29 is 27.9 Å². The number of nitrogens with zero attached hydrogens (tertiary/aromatic N) is 1. The molecule has 0 aromatic heterocycles. The van der Waals surface area contributed by atoms with Gasteiger partial charge in [0.25, 0.3) is 0 Å². The minimum Gasteiger partial charge on any atom is -0.481 e. The van der Waals surface area contributed by atoms with E-state index in [0.717, 1.165) is 5.69 Å². The smallest absolute Gasteiger partial charge is 0.303 e. The van der Waals surface area contributed by atoms with Crippen LogP contribution in [0, 0.1) is 0 Å². The van der Waals surface area contributed by atoms with Gasteiger partial charge in [-0.25, -0.2) is 8.42 Å². The summed E-state index contributed by atoms with van der Waals surface area (Å²) in [4.78, 5) is 35.4. The van der Waals surface area contributed by atoms with E-state index < -0.39 is 34.4 Å². The first-order chi connectivity index (χ1) is 13.7. The van der Waals surface area contributed by atoms with E-state index in [2.05, 4.69) is 10.0 Å². The molecule has 0 unspecified atom stereocenters. The van der Waals surface area contributed by atoms with E-state index in [-0.39, 0.29) is 17.9 Å². The highest BCUT2D eigenvalue weighted by atomic mass is 32.2. The van der Waals surface area contributed by atoms with Crippen LogP contribution >= 0.6 is 0 Å². The van der Waals surface area contributed by atoms with Gasteiger partial charge in [-0.1, -0.05) is 24.3 Å². The minimum absolute atomic E-state index is 0.0257. The maximum atomic E-state index is 13.0. The fraction of sp³-hybridized carbons (Fsp3) is 0.316. The maximum Gasteiger partial charge on any atom is 0.303 e. The number of aliphatic carboxylic acids is 1. The lowest BCUT2D eigenvalue weighted by molar-refractivity contribution is -0.137. The summed E-state index contributed by atoms with van der Waals surface area (Å²) in [6.07, 6.45) is -0.219. The second-order valence-corrected chi connectivity index (χ2v) is 8.22. The van der Waals surface area contributed by atoms with E-state index in [9.17, 15) is 22.8 Å². The van der Waals surface area contributed by atoms with Gasteiger partial charge in [0.2, 0.25) is 15.9 Å². The first-order valence-electron chi connectivity index (χ1n) is 8.82. The Morgan fingerprint density at radius 2 is 1.79 bits per heavy atom. The zero-order valence-electron chi connectivity index (χ0n) is 16.1. The molecule has 1 amide bonds. The van der Waals surface area contributed by atoms with Gasteiger partial charge in [-0.2, -0.15) is 4.72 Å². The van der Waals surface area contributed by atoms with Crippen LogP contribution in [0.3, 0.4) is 0 Å². The molecule has 0 aliphatic heterocycles. The Kier molecular flexibility index (Phi) is 7.29. The van der Waals surface area contributed by atoms with Crippen molar-refractivity contribution in [2.24, 2.45) is 0 Å². The Bertz CT molecular complexity index is 1020. The number of anilines is 1. The van der Waals surface area contributed by atoms with Gasteiger partial charge >= 0.3 is 5.97 Å². The summed E-state index contributed by atoms with van der Waals surface area (Å²) in [7, 11) is -0.476. The average molecular weight is 421 g/mol. The molecule has 0 fully saturated rings. The van der Waals surface area contributed by atoms with Gasteiger partial charge in [0.05, 0.1) is 11.4 Å². The van der Waals surface area contributed by atoms with Gasteiger partial charge in [-0.15, -0.1) is 0 Å². The van der Waals surface area contributed by atoms with Gasteiger partial charge in [0, 0.05) is 37.0 Å². The molecule has 0 saturated carbocycles. The number of aldehydes is 1.